The van der Waals surface area contributed by atoms with Crippen LogP contribution in [0.15, 0.2) is 91.0 Å². The van der Waals surface area contributed by atoms with Gasteiger partial charge in [-0.3, -0.25) is 0 Å². The van der Waals surface area contributed by atoms with Crippen LogP contribution in [0.1, 0.15) is 0 Å². The number of halogens is 1. The molecule has 0 amide bonds. The fraction of sp³-hybridized carbons (Fsp3) is 0. The number of benzene rings is 3. The minimum atomic E-state index is -0.446. The molecule has 3 aromatic carbocycles. The Labute approximate surface area is 155 Å². The first kappa shape index (κ1) is 18.4. The zero-order valence-electron chi connectivity index (χ0n) is 11.3. The standard InChI is InChI=1S/C18H15P.Co.HI/c1-4-10-16(11-5-1)19(17-12-6-2-7-13-17)18-14-8-3-9-15-18;;/h1-15H;;1H. The number of hydrogen-bond donors (Lipinski definition) is 0. The van der Waals surface area contributed by atoms with Gasteiger partial charge < -0.3 is 0 Å². The van der Waals surface area contributed by atoms with Crippen LogP contribution in [-0.2, 0) is 16.8 Å². The van der Waals surface area contributed by atoms with Crippen molar-refractivity contribution >= 4 is 47.8 Å². The first-order chi connectivity index (χ1) is 9.45. The summed E-state index contributed by atoms with van der Waals surface area (Å²) in [6.45, 7) is 0. The average molecular weight is 449 g/mol. The van der Waals surface area contributed by atoms with E-state index in [2.05, 4.69) is 91.0 Å². The molecule has 0 aliphatic heterocycles. The average Bonchev–Trinajstić information content (AvgIpc) is 2.51. The molecule has 0 fully saturated rings. The monoisotopic (exact) mass is 449 g/mol. The van der Waals surface area contributed by atoms with Crippen molar-refractivity contribution in [3.8, 4) is 0 Å². The maximum absolute atomic E-state index is 2.23. The van der Waals surface area contributed by atoms with Gasteiger partial charge in [0.05, 0.1) is 0 Å². The van der Waals surface area contributed by atoms with Gasteiger partial charge in [0.25, 0.3) is 0 Å². The molecule has 0 heterocycles. The Balaban J connectivity index is 0.00000110. The Morgan fingerprint density at radius 2 is 0.667 bits per heavy atom. The van der Waals surface area contributed by atoms with Gasteiger partial charge in [0.2, 0.25) is 0 Å². The van der Waals surface area contributed by atoms with Crippen LogP contribution in [0.25, 0.3) is 0 Å². The molecule has 0 saturated heterocycles. The summed E-state index contributed by atoms with van der Waals surface area (Å²) in [5, 5.41) is 4.19. The maximum Gasteiger partial charge on any atom is 0 e. The van der Waals surface area contributed by atoms with Crippen molar-refractivity contribution in [2.24, 2.45) is 0 Å². The van der Waals surface area contributed by atoms with Crippen LogP contribution in [0.3, 0.4) is 0 Å². The predicted molar refractivity (Wildman–Crippen MR) is 101 cm³/mol. The first-order valence-corrected chi connectivity index (χ1v) is 7.74. The maximum atomic E-state index is 2.23. The van der Waals surface area contributed by atoms with Gasteiger partial charge in [-0.05, 0) is 23.8 Å². The van der Waals surface area contributed by atoms with E-state index >= 15 is 0 Å². The van der Waals surface area contributed by atoms with Gasteiger partial charge in [0.1, 0.15) is 0 Å². The van der Waals surface area contributed by atoms with Crippen LogP contribution in [-0.4, -0.2) is 0 Å². The molecule has 109 valence electrons. The van der Waals surface area contributed by atoms with E-state index in [0.717, 1.165) is 0 Å². The molecule has 1 radical (unpaired) electrons. The van der Waals surface area contributed by atoms with Gasteiger partial charge in [-0.15, -0.1) is 24.0 Å². The van der Waals surface area contributed by atoms with E-state index in [1.54, 1.807) is 0 Å². The van der Waals surface area contributed by atoms with Gasteiger partial charge >= 0.3 is 0 Å². The summed E-state index contributed by atoms with van der Waals surface area (Å²) in [4.78, 5) is 0. The van der Waals surface area contributed by atoms with E-state index in [1.165, 1.54) is 15.9 Å². The Morgan fingerprint density at radius 1 is 0.429 bits per heavy atom. The number of hydrogen-bond acceptors (Lipinski definition) is 0. The van der Waals surface area contributed by atoms with E-state index in [1.807, 2.05) is 0 Å². The second-order valence-corrected chi connectivity index (χ2v) is 6.56. The van der Waals surface area contributed by atoms with Crippen LogP contribution in [0.4, 0.5) is 0 Å². The third-order valence-corrected chi connectivity index (χ3v) is 5.49. The van der Waals surface area contributed by atoms with Crippen molar-refractivity contribution in [3.63, 3.8) is 0 Å². The fourth-order valence-electron chi connectivity index (χ4n) is 2.18. The van der Waals surface area contributed by atoms with Crippen LogP contribution < -0.4 is 15.9 Å². The molecule has 0 saturated carbocycles. The van der Waals surface area contributed by atoms with Crippen molar-refractivity contribution < 1.29 is 16.8 Å². The zero-order chi connectivity index (χ0) is 12.9. The van der Waals surface area contributed by atoms with Gasteiger partial charge in [-0.1, -0.05) is 91.0 Å². The van der Waals surface area contributed by atoms with E-state index in [-0.39, 0.29) is 40.8 Å². The summed E-state index contributed by atoms with van der Waals surface area (Å²) in [6.07, 6.45) is 0. The van der Waals surface area contributed by atoms with Crippen LogP contribution in [0.2, 0.25) is 0 Å². The van der Waals surface area contributed by atoms with Crippen molar-refractivity contribution in [1.29, 1.82) is 0 Å². The second kappa shape index (κ2) is 9.37. The summed E-state index contributed by atoms with van der Waals surface area (Å²) >= 11 is 0. The molecule has 3 aromatic rings. The molecule has 0 nitrogen and oxygen atoms in total. The molecule has 0 spiro atoms. The third kappa shape index (κ3) is 4.65. The molecular formula is C18H16CoIP. The zero-order valence-corrected chi connectivity index (χ0v) is 15.6. The molecule has 0 atom stereocenters. The van der Waals surface area contributed by atoms with Crippen molar-refractivity contribution in [2.75, 3.05) is 0 Å². The van der Waals surface area contributed by atoms with Gasteiger partial charge in [0, 0.05) is 16.8 Å². The van der Waals surface area contributed by atoms with Crippen LogP contribution >= 0.6 is 31.9 Å². The quantitative estimate of drug-likeness (QED) is 0.418. The number of rotatable bonds is 3. The fourth-order valence-corrected chi connectivity index (χ4v) is 4.48. The van der Waals surface area contributed by atoms with Gasteiger partial charge in [-0.25, -0.2) is 0 Å². The van der Waals surface area contributed by atoms with Gasteiger partial charge in [-0.2, -0.15) is 0 Å². The van der Waals surface area contributed by atoms with E-state index in [9.17, 15) is 0 Å². The topological polar surface area (TPSA) is 0 Å². The molecule has 0 N–H and O–H groups in total. The van der Waals surface area contributed by atoms with Gasteiger partial charge in [0.15, 0.2) is 0 Å². The van der Waals surface area contributed by atoms with Crippen LogP contribution in [0, 0.1) is 0 Å². The summed E-state index contributed by atoms with van der Waals surface area (Å²) in [5.74, 6) is 0. The Kier molecular flexibility index (Phi) is 8.20. The molecule has 0 bridgehead atoms. The molecular weight excluding hydrogens is 433 g/mol. The van der Waals surface area contributed by atoms with Crippen molar-refractivity contribution in [3.05, 3.63) is 91.0 Å². The largest absolute Gasteiger partial charge is 0.107 e. The molecule has 21 heavy (non-hydrogen) atoms. The molecule has 0 aromatic heterocycles. The Hall–Kier alpha value is -0.674. The molecule has 0 aliphatic rings. The molecule has 3 heteroatoms. The molecule has 0 unspecified atom stereocenters. The summed E-state index contributed by atoms with van der Waals surface area (Å²) < 4.78 is 0. The molecule has 0 aliphatic carbocycles. The Bertz CT molecular complexity index is 535. The summed E-state index contributed by atoms with van der Waals surface area (Å²) in [6, 6.07) is 32.3. The summed E-state index contributed by atoms with van der Waals surface area (Å²) in [5.41, 5.74) is 0. The van der Waals surface area contributed by atoms with Crippen LogP contribution in [0.5, 0.6) is 0 Å². The minimum absolute atomic E-state index is 0. The third-order valence-electron chi connectivity index (χ3n) is 3.04. The van der Waals surface area contributed by atoms with Crippen molar-refractivity contribution in [1.82, 2.24) is 0 Å². The normalized spacial score (nSPS) is 9.57. The van der Waals surface area contributed by atoms with Crippen molar-refractivity contribution in [2.45, 2.75) is 0 Å². The second-order valence-electron chi connectivity index (χ2n) is 4.34. The molecule has 3 rings (SSSR count). The first-order valence-electron chi connectivity index (χ1n) is 6.40. The van der Waals surface area contributed by atoms with E-state index in [0.29, 0.717) is 0 Å². The Morgan fingerprint density at radius 3 is 0.905 bits per heavy atom. The SMILES string of the molecule is I.[Co].c1ccc(P(c2ccccc2)c2ccccc2)cc1. The van der Waals surface area contributed by atoms with E-state index < -0.39 is 7.92 Å². The van der Waals surface area contributed by atoms with E-state index in [4.69, 9.17) is 0 Å². The predicted octanol–water partition coefficient (Wildman–Crippen LogP) is 4.06. The smallest absolute Gasteiger partial charge is 0 e. The minimum Gasteiger partial charge on any atom is -0.107 e. The summed E-state index contributed by atoms with van der Waals surface area (Å²) in [7, 11) is -0.446.